The molecule has 1 heterocycles. The Balaban J connectivity index is 1.68. The number of fused-ring (bicyclic) bond motifs is 1. The molecule has 0 aliphatic heterocycles. The van der Waals surface area contributed by atoms with E-state index in [0.717, 1.165) is 6.42 Å². The van der Waals surface area contributed by atoms with Gasteiger partial charge in [0.05, 0.1) is 0 Å². The van der Waals surface area contributed by atoms with E-state index in [-0.39, 0.29) is 0 Å². The number of para-hydroxylation sites is 1. The molecular formula is C19H22N2. The van der Waals surface area contributed by atoms with Crippen molar-refractivity contribution in [2.24, 2.45) is 0 Å². The lowest BCUT2D eigenvalue weighted by atomic mass is 10.0. The minimum absolute atomic E-state index is 0.367. The first-order valence-corrected chi connectivity index (χ1v) is 7.60. The summed E-state index contributed by atoms with van der Waals surface area (Å²) in [7, 11) is 0. The predicted octanol–water partition coefficient (Wildman–Crippen LogP) is 4.45. The summed E-state index contributed by atoms with van der Waals surface area (Å²) in [6.45, 7) is 4.47. The molecule has 2 heteroatoms. The van der Waals surface area contributed by atoms with E-state index in [0.29, 0.717) is 12.1 Å². The van der Waals surface area contributed by atoms with Gasteiger partial charge in [-0.1, -0.05) is 48.5 Å². The van der Waals surface area contributed by atoms with Crippen molar-refractivity contribution in [3.8, 4) is 0 Å². The van der Waals surface area contributed by atoms with Crippen LogP contribution in [-0.2, 0) is 6.42 Å². The summed E-state index contributed by atoms with van der Waals surface area (Å²) in [4.78, 5) is 3.35. The molecule has 0 bridgehead atoms. The highest BCUT2D eigenvalue weighted by molar-refractivity contribution is 5.83. The molecule has 0 spiro atoms. The standard InChI is InChI=1S/C19H22N2/c1-14(21-15(2)16-8-4-3-5-9-16)12-17-13-20-19-11-7-6-10-18(17)19/h3-11,13-15,20-21H,12H2,1-2H3/t14-,15+/m1/s1. The minimum Gasteiger partial charge on any atom is -0.361 e. The summed E-state index contributed by atoms with van der Waals surface area (Å²) < 4.78 is 0. The highest BCUT2D eigenvalue weighted by Crippen LogP contribution is 2.20. The average Bonchev–Trinajstić information content (AvgIpc) is 2.91. The van der Waals surface area contributed by atoms with Crippen LogP contribution in [0.15, 0.2) is 60.8 Å². The van der Waals surface area contributed by atoms with Gasteiger partial charge in [-0.15, -0.1) is 0 Å². The number of rotatable bonds is 5. The van der Waals surface area contributed by atoms with E-state index >= 15 is 0 Å². The van der Waals surface area contributed by atoms with E-state index in [4.69, 9.17) is 0 Å². The van der Waals surface area contributed by atoms with Crippen LogP contribution < -0.4 is 5.32 Å². The molecule has 0 amide bonds. The first-order chi connectivity index (χ1) is 10.2. The summed E-state index contributed by atoms with van der Waals surface area (Å²) in [5.41, 5.74) is 3.94. The van der Waals surface area contributed by atoms with Crippen molar-refractivity contribution in [3.05, 3.63) is 71.9 Å². The number of hydrogen-bond donors (Lipinski definition) is 2. The van der Waals surface area contributed by atoms with Crippen LogP contribution in [0.3, 0.4) is 0 Å². The molecule has 0 fully saturated rings. The molecule has 2 nitrogen and oxygen atoms in total. The predicted molar refractivity (Wildman–Crippen MR) is 89.5 cm³/mol. The Labute approximate surface area is 126 Å². The van der Waals surface area contributed by atoms with Gasteiger partial charge in [-0.3, -0.25) is 0 Å². The molecule has 2 aromatic carbocycles. The number of aromatic amines is 1. The zero-order chi connectivity index (χ0) is 14.7. The Hall–Kier alpha value is -2.06. The molecule has 108 valence electrons. The third-order valence-electron chi connectivity index (χ3n) is 4.04. The van der Waals surface area contributed by atoms with Gasteiger partial charge in [-0.05, 0) is 37.5 Å². The lowest BCUT2D eigenvalue weighted by molar-refractivity contribution is 0.478. The van der Waals surface area contributed by atoms with Crippen LogP contribution in [0, 0.1) is 0 Å². The van der Waals surface area contributed by atoms with Gasteiger partial charge >= 0.3 is 0 Å². The van der Waals surface area contributed by atoms with Gasteiger partial charge in [-0.2, -0.15) is 0 Å². The van der Waals surface area contributed by atoms with Crippen molar-refractivity contribution in [2.75, 3.05) is 0 Å². The second-order valence-electron chi connectivity index (χ2n) is 5.76. The SMILES string of the molecule is C[C@H](Cc1c[nH]c2ccccc12)N[C@@H](C)c1ccccc1. The first-order valence-electron chi connectivity index (χ1n) is 7.60. The lowest BCUT2D eigenvalue weighted by Crippen LogP contribution is -2.30. The molecule has 2 N–H and O–H groups in total. The van der Waals surface area contributed by atoms with Crippen molar-refractivity contribution in [2.45, 2.75) is 32.4 Å². The Morgan fingerprint density at radius 1 is 0.952 bits per heavy atom. The second kappa shape index (κ2) is 6.15. The Kier molecular flexibility index (Phi) is 4.07. The van der Waals surface area contributed by atoms with Gasteiger partial charge in [-0.25, -0.2) is 0 Å². The molecule has 0 aliphatic rings. The van der Waals surface area contributed by atoms with Crippen molar-refractivity contribution in [3.63, 3.8) is 0 Å². The summed E-state index contributed by atoms with van der Waals surface area (Å²) in [6.07, 6.45) is 3.16. The van der Waals surface area contributed by atoms with Crippen molar-refractivity contribution in [1.29, 1.82) is 0 Å². The Bertz CT molecular complexity index is 700. The Morgan fingerprint density at radius 2 is 1.67 bits per heavy atom. The normalized spacial score (nSPS) is 14.2. The zero-order valence-corrected chi connectivity index (χ0v) is 12.6. The molecule has 3 rings (SSSR count). The van der Waals surface area contributed by atoms with Gasteiger partial charge < -0.3 is 10.3 Å². The van der Waals surface area contributed by atoms with Gasteiger partial charge in [0.2, 0.25) is 0 Å². The van der Waals surface area contributed by atoms with Crippen LogP contribution >= 0.6 is 0 Å². The second-order valence-corrected chi connectivity index (χ2v) is 5.76. The molecule has 0 aliphatic carbocycles. The largest absolute Gasteiger partial charge is 0.361 e. The zero-order valence-electron chi connectivity index (χ0n) is 12.6. The van der Waals surface area contributed by atoms with Crippen LogP contribution in [0.5, 0.6) is 0 Å². The molecule has 2 atom stereocenters. The van der Waals surface area contributed by atoms with Crippen LogP contribution in [0.4, 0.5) is 0 Å². The maximum atomic E-state index is 3.69. The van der Waals surface area contributed by atoms with Gasteiger partial charge in [0.25, 0.3) is 0 Å². The minimum atomic E-state index is 0.367. The number of benzene rings is 2. The van der Waals surface area contributed by atoms with E-state index in [1.165, 1.54) is 22.0 Å². The van der Waals surface area contributed by atoms with E-state index in [2.05, 4.69) is 84.9 Å². The van der Waals surface area contributed by atoms with Crippen LogP contribution in [0.1, 0.15) is 31.0 Å². The third-order valence-corrected chi connectivity index (χ3v) is 4.04. The molecule has 0 saturated heterocycles. The molecule has 0 radical (unpaired) electrons. The number of hydrogen-bond acceptors (Lipinski definition) is 1. The maximum Gasteiger partial charge on any atom is 0.0456 e. The number of aromatic nitrogens is 1. The van der Waals surface area contributed by atoms with Crippen LogP contribution in [0.2, 0.25) is 0 Å². The van der Waals surface area contributed by atoms with E-state index in [1.54, 1.807) is 0 Å². The van der Waals surface area contributed by atoms with E-state index in [1.807, 2.05) is 0 Å². The smallest absolute Gasteiger partial charge is 0.0456 e. The van der Waals surface area contributed by atoms with Crippen LogP contribution in [0.25, 0.3) is 10.9 Å². The van der Waals surface area contributed by atoms with Crippen LogP contribution in [-0.4, -0.2) is 11.0 Å². The molecular weight excluding hydrogens is 256 g/mol. The fourth-order valence-electron chi connectivity index (χ4n) is 2.95. The molecule has 0 unspecified atom stereocenters. The molecule has 1 aromatic heterocycles. The summed E-state index contributed by atoms with van der Waals surface area (Å²) in [6, 6.07) is 19.9. The quantitative estimate of drug-likeness (QED) is 0.709. The van der Waals surface area contributed by atoms with Gasteiger partial charge in [0, 0.05) is 29.2 Å². The molecule has 21 heavy (non-hydrogen) atoms. The number of nitrogens with one attached hydrogen (secondary N) is 2. The van der Waals surface area contributed by atoms with Crippen molar-refractivity contribution >= 4 is 10.9 Å². The molecule has 0 saturated carbocycles. The monoisotopic (exact) mass is 278 g/mol. The topological polar surface area (TPSA) is 27.8 Å². The highest BCUT2D eigenvalue weighted by Gasteiger charge is 2.11. The van der Waals surface area contributed by atoms with Gasteiger partial charge in [0.15, 0.2) is 0 Å². The van der Waals surface area contributed by atoms with E-state index < -0.39 is 0 Å². The number of H-pyrrole nitrogens is 1. The summed E-state index contributed by atoms with van der Waals surface area (Å²) >= 11 is 0. The molecule has 3 aromatic rings. The highest BCUT2D eigenvalue weighted by atomic mass is 14.9. The summed E-state index contributed by atoms with van der Waals surface area (Å²) in [5.74, 6) is 0. The van der Waals surface area contributed by atoms with E-state index in [9.17, 15) is 0 Å². The maximum absolute atomic E-state index is 3.69. The van der Waals surface area contributed by atoms with Gasteiger partial charge in [0.1, 0.15) is 0 Å². The summed E-state index contributed by atoms with van der Waals surface area (Å²) in [5, 5.41) is 5.02. The van der Waals surface area contributed by atoms with Crippen molar-refractivity contribution in [1.82, 2.24) is 10.3 Å². The van der Waals surface area contributed by atoms with Crippen molar-refractivity contribution < 1.29 is 0 Å². The fourth-order valence-corrected chi connectivity index (χ4v) is 2.95. The Morgan fingerprint density at radius 3 is 2.48 bits per heavy atom. The fraction of sp³-hybridized carbons (Fsp3) is 0.263. The first kappa shape index (κ1) is 13.9. The average molecular weight is 278 g/mol. The third kappa shape index (κ3) is 3.17. The lowest BCUT2D eigenvalue weighted by Gasteiger charge is -2.20.